The van der Waals surface area contributed by atoms with Crippen molar-refractivity contribution in [2.75, 3.05) is 19.6 Å². The number of nitrogens with zero attached hydrogens (tertiary/aromatic N) is 2. The average Bonchev–Trinajstić information content (AvgIpc) is 3.55. The fourth-order valence-electron chi connectivity index (χ4n) is 5.43. The predicted octanol–water partition coefficient (Wildman–Crippen LogP) is 6.19. The van der Waals surface area contributed by atoms with Gasteiger partial charge in [0.2, 0.25) is 11.8 Å². The summed E-state index contributed by atoms with van der Waals surface area (Å²) in [5.74, 6) is 1.15. The Morgan fingerprint density at radius 1 is 0.944 bits per heavy atom. The van der Waals surface area contributed by atoms with Crippen LogP contribution in [0.4, 0.5) is 0 Å². The van der Waals surface area contributed by atoms with Gasteiger partial charge in [0.25, 0.3) is 0 Å². The van der Waals surface area contributed by atoms with Gasteiger partial charge in [0.15, 0.2) is 0 Å². The monoisotopic (exact) mass is 487 g/mol. The van der Waals surface area contributed by atoms with Crippen molar-refractivity contribution in [3.05, 3.63) is 71.9 Å². The smallest absolute Gasteiger partial charge is 0.242 e. The normalized spacial score (nSPS) is 14.0. The van der Waals surface area contributed by atoms with Crippen LogP contribution in [0.1, 0.15) is 63.5 Å². The molecule has 1 aliphatic carbocycles. The molecule has 5 nitrogen and oxygen atoms in total. The lowest BCUT2D eigenvalue weighted by Gasteiger charge is -2.29. The lowest BCUT2D eigenvalue weighted by atomic mass is 10.0. The molecule has 0 radical (unpaired) electrons. The molecule has 1 N–H and O–H groups in total. The molecular formula is C31H41N3O2. The number of nitrogens with one attached hydrogen (secondary N) is 1. The van der Waals surface area contributed by atoms with E-state index < -0.39 is 0 Å². The van der Waals surface area contributed by atoms with E-state index in [4.69, 9.17) is 0 Å². The van der Waals surface area contributed by atoms with Crippen molar-refractivity contribution in [3.8, 4) is 0 Å². The molecular weight excluding hydrogens is 446 g/mol. The minimum atomic E-state index is 0.0218. The van der Waals surface area contributed by atoms with Gasteiger partial charge in [-0.1, -0.05) is 88.1 Å². The van der Waals surface area contributed by atoms with Gasteiger partial charge in [-0.3, -0.25) is 9.59 Å². The summed E-state index contributed by atoms with van der Waals surface area (Å²) in [4.78, 5) is 33.9. The Labute approximate surface area is 215 Å². The number of carbonyl (C=O) groups excluding carboxylic acids is 2. The molecule has 1 aromatic heterocycles. The second-order valence-electron chi connectivity index (χ2n) is 10.8. The van der Waals surface area contributed by atoms with Crippen LogP contribution in [0.3, 0.4) is 0 Å². The predicted molar refractivity (Wildman–Crippen MR) is 146 cm³/mol. The molecule has 1 heterocycles. The van der Waals surface area contributed by atoms with Crippen molar-refractivity contribution >= 4 is 22.7 Å². The summed E-state index contributed by atoms with van der Waals surface area (Å²) >= 11 is 0. The summed E-state index contributed by atoms with van der Waals surface area (Å²) in [6, 6.07) is 18.4. The van der Waals surface area contributed by atoms with E-state index in [-0.39, 0.29) is 18.4 Å². The Morgan fingerprint density at radius 3 is 2.42 bits per heavy atom. The quantitative estimate of drug-likeness (QED) is 0.331. The number of H-pyrrole nitrogens is 1. The highest BCUT2D eigenvalue weighted by Crippen LogP contribution is 2.28. The van der Waals surface area contributed by atoms with Gasteiger partial charge in [-0.05, 0) is 41.9 Å². The molecule has 192 valence electrons. The maximum Gasteiger partial charge on any atom is 0.242 e. The highest BCUT2D eigenvalue weighted by molar-refractivity contribution is 5.85. The molecule has 0 bridgehead atoms. The Morgan fingerprint density at radius 2 is 1.67 bits per heavy atom. The molecule has 0 aliphatic heterocycles. The van der Waals surface area contributed by atoms with Crippen LogP contribution >= 0.6 is 0 Å². The Balaban J connectivity index is 1.45. The van der Waals surface area contributed by atoms with Crippen molar-refractivity contribution in [3.63, 3.8) is 0 Å². The minimum absolute atomic E-state index is 0.0218. The lowest BCUT2D eigenvalue weighted by molar-refractivity contribution is -0.141. The Bertz CT molecular complexity index is 1120. The third-order valence-electron chi connectivity index (χ3n) is 7.40. The summed E-state index contributed by atoms with van der Waals surface area (Å²) in [6.07, 6.45) is 9.39. The molecule has 1 fully saturated rings. The number of amides is 2. The first-order chi connectivity index (χ1) is 17.5. The van der Waals surface area contributed by atoms with E-state index in [1.807, 2.05) is 46.3 Å². The van der Waals surface area contributed by atoms with Gasteiger partial charge in [-0.25, -0.2) is 0 Å². The van der Waals surface area contributed by atoms with E-state index in [1.165, 1.54) is 36.6 Å². The molecule has 36 heavy (non-hydrogen) atoms. The van der Waals surface area contributed by atoms with Gasteiger partial charge >= 0.3 is 0 Å². The zero-order valence-corrected chi connectivity index (χ0v) is 21.9. The highest BCUT2D eigenvalue weighted by Gasteiger charge is 2.24. The van der Waals surface area contributed by atoms with Crippen LogP contribution < -0.4 is 0 Å². The van der Waals surface area contributed by atoms with Crippen molar-refractivity contribution < 1.29 is 9.59 Å². The summed E-state index contributed by atoms with van der Waals surface area (Å²) in [6.45, 7) is 6.16. The molecule has 0 saturated heterocycles. The van der Waals surface area contributed by atoms with Crippen LogP contribution in [0.15, 0.2) is 60.8 Å². The Kier molecular flexibility index (Phi) is 9.21. The summed E-state index contributed by atoms with van der Waals surface area (Å²) in [7, 11) is 0. The maximum atomic E-state index is 13.7. The number of aromatic amines is 1. The SMILES string of the molecule is CC(C)CN(CC(=O)N(CCc1c[nH]c2ccccc12)Cc1ccccc1)C(=O)CCC1CCCC1. The fraction of sp³-hybridized carbons (Fsp3) is 0.484. The maximum absolute atomic E-state index is 13.7. The first-order valence-electron chi connectivity index (χ1n) is 13.6. The van der Waals surface area contributed by atoms with E-state index in [0.717, 1.165) is 23.9 Å². The number of benzene rings is 2. The van der Waals surface area contributed by atoms with Gasteiger partial charge in [-0.2, -0.15) is 0 Å². The minimum Gasteiger partial charge on any atom is -0.361 e. The first-order valence-corrected chi connectivity index (χ1v) is 13.6. The first kappa shape index (κ1) is 26.0. The molecule has 0 unspecified atom stereocenters. The molecule has 1 aliphatic rings. The van der Waals surface area contributed by atoms with E-state index in [2.05, 4.69) is 43.1 Å². The topological polar surface area (TPSA) is 56.4 Å². The molecule has 5 heteroatoms. The number of carbonyl (C=O) groups is 2. The highest BCUT2D eigenvalue weighted by atomic mass is 16.2. The van der Waals surface area contributed by atoms with E-state index in [0.29, 0.717) is 37.9 Å². The van der Waals surface area contributed by atoms with Gasteiger partial charge in [-0.15, -0.1) is 0 Å². The average molecular weight is 488 g/mol. The van der Waals surface area contributed by atoms with Crippen LogP contribution in [0.2, 0.25) is 0 Å². The zero-order chi connectivity index (χ0) is 25.3. The number of rotatable bonds is 12. The molecule has 3 aromatic rings. The molecule has 2 aromatic carbocycles. The third kappa shape index (κ3) is 7.22. The zero-order valence-electron chi connectivity index (χ0n) is 21.9. The van der Waals surface area contributed by atoms with Crippen molar-refractivity contribution in [1.29, 1.82) is 0 Å². The van der Waals surface area contributed by atoms with E-state index in [1.54, 1.807) is 0 Å². The Hall–Kier alpha value is -3.08. The number of hydrogen-bond acceptors (Lipinski definition) is 2. The molecule has 0 spiro atoms. The van der Waals surface area contributed by atoms with Crippen LogP contribution in [0, 0.1) is 11.8 Å². The largest absolute Gasteiger partial charge is 0.361 e. The lowest BCUT2D eigenvalue weighted by Crippen LogP contribution is -2.44. The van der Waals surface area contributed by atoms with Gasteiger partial charge < -0.3 is 14.8 Å². The van der Waals surface area contributed by atoms with Gasteiger partial charge in [0.1, 0.15) is 0 Å². The van der Waals surface area contributed by atoms with E-state index in [9.17, 15) is 9.59 Å². The van der Waals surface area contributed by atoms with Gasteiger partial charge in [0.05, 0.1) is 6.54 Å². The summed E-state index contributed by atoms with van der Waals surface area (Å²) < 4.78 is 0. The third-order valence-corrected chi connectivity index (χ3v) is 7.40. The molecule has 4 rings (SSSR count). The number of para-hydroxylation sites is 1. The molecule has 0 atom stereocenters. The second-order valence-corrected chi connectivity index (χ2v) is 10.8. The molecule has 1 saturated carbocycles. The van der Waals surface area contributed by atoms with Crippen LogP contribution in [-0.4, -0.2) is 46.2 Å². The summed E-state index contributed by atoms with van der Waals surface area (Å²) in [5, 5.41) is 1.20. The number of aromatic nitrogens is 1. The fourth-order valence-corrected chi connectivity index (χ4v) is 5.43. The van der Waals surface area contributed by atoms with E-state index >= 15 is 0 Å². The van der Waals surface area contributed by atoms with Gasteiger partial charge in [0, 0.05) is 43.2 Å². The number of fused-ring (bicyclic) bond motifs is 1. The number of hydrogen-bond donors (Lipinski definition) is 1. The van der Waals surface area contributed by atoms with Crippen LogP contribution in [0.5, 0.6) is 0 Å². The van der Waals surface area contributed by atoms with Crippen molar-refractivity contribution in [2.24, 2.45) is 11.8 Å². The van der Waals surface area contributed by atoms with Crippen LogP contribution in [-0.2, 0) is 22.6 Å². The standard InChI is InChI=1S/C31H41N3O2/c1-24(2)21-34(30(35)17-16-25-10-6-7-11-25)23-31(36)33(22-26-12-4-3-5-13-26)19-18-27-20-32-29-15-9-8-14-28(27)29/h3-5,8-9,12-15,20,24-25,32H,6-7,10-11,16-19,21-23H2,1-2H3. The van der Waals surface area contributed by atoms with Crippen molar-refractivity contribution in [2.45, 2.75) is 65.3 Å². The van der Waals surface area contributed by atoms with Crippen molar-refractivity contribution in [1.82, 2.24) is 14.8 Å². The van der Waals surface area contributed by atoms with Crippen LogP contribution in [0.25, 0.3) is 10.9 Å². The summed E-state index contributed by atoms with van der Waals surface area (Å²) in [5.41, 5.74) is 3.43. The molecule has 2 amide bonds. The second kappa shape index (κ2) is 12.8.